The predicted molar refractivity (Wildman–Crippen MR) is 62.9 cm³/mol. The smallest absolute Gasteiger partial charge is 0.240 e. The number of halogens is 1. The molecule has 1 heterocycles. The predicted octanol–water partition coefficient (Wildman–Crippen LogP) is 2.23. The molecule has 0 aliphatic rings. The highest BCUT2D eigenvalue weighted by Gasteiger charge is 2.07. The lowest BCUT2D eigenvalue weighted by atomic mass is 10.2. The van der Waals surface area contributed by atoms with Crippen LogP contribution in [0.1, 0.15) is 11.4 Å². The van der Waals surface area contributed by atoms with Gasteiger partial charge in [0.15, 0.2) is 0 Å². The van der Waals surface area contributed by atoms with Crippen molar-refractivity contribution in [3.63, 3.8) is 0 Å². The molecule has 78 valence electrons. The second-order valence-electron chi connectivity index (χ2n) is 3.36. The van der Waals surface area contributed by atoms with Gasteiger partial charge in [-0.2, -0.15) is 4.98 Å². The van der Waals surface area contributed by atoms with E-state index < -0.39 is 0 Å². The van der Waals surface area contributed by atoms with Gasteiger partial charge in [0, 0.05) is 4.47 Å². The first-order valence-corrected chi connectivity index (χ1v) is 5.33. The van der Waals surface area contributed by atoms with Crippen LogP contribution < -0.4 is 5.73 Å². The minimum atomic E-state index is 0.301. The third-order valence-electron chi connectivity index (χ3n) is 2.17. The van der Waals surface area contributed by atoms with Crippen molar-refractivity contribution in [1.29, 1.82) is 0 Å². The maximum absolute atomic E-state index is 5.54. The third kappa shape index (κ3) is 1.87. The van der Waals surface area contributed by atoms with Gasteiger partial charge in [0.2, 0.25) is 5.95 Å². The number of hydrogen-bond donors (Lipinski definition) is 1. The zero-order valence-electron chi connectivity index (χ0n) is 8.53. The summed E-state index contributed by atoms with van der Waals surface area (Å²) >= 11 is 3.42. The number of benzene rings is 1. The lowest BCUT2D eigenvalue weighted by Crippen LogP contribution is -2.01. The van der Waals surface area contributed by atoms with Crippen molar-refractivity contribution in [1.82, 2.24) is 14.8 Å². The van der Waals surface area contributed by atoms with E-state index in [9.17, 15) is 0 Å². The van der Waals surface area contributed by atoms with Crippen LogP contribution in [0.3, 0.4) is 0 Å². The number of aromatic nitrogens is 3. The molecule has 5 heteroatoms. The number of nitrogens with two attached hydrogens (primary N) is 1. The van der Waals surface area contributed by atoms with Gasteiger partial charge >= 0.3 is 0 Å². The standard InChI is InChI=1S/C10H11BrN4/c1-6-5-8(11)3-4-9(6)15-7(2)13-10(12)14-15/h3-5H,1-2H3,(H2,12,14). The van der Waals surface area contributed by atoms with Crippen molar-refractivity contribution in [3.8, 4) is 5.69 Å². The van der Waals surface area contributed by atoms with E-state index >= 15 is 0 Å². The fourth-order valence-corrected chi connectivity index (χ4v) is 1.97. The maximum atomic E-state index is 5.54. The Morgan fingerprint density at radius 3 is 2.60 bits per heavy atom. The second-order valence-corrected chi connectivity index (χ2v) is 4.28. The molecule has 0 spiro atoms. The zero-order valence-corrected chi connectivity index (χ0v) is 10.1. The summed E-state index contributed by atoms with van der Waals surface area (Å²) in [6.45, 7) is 3.91. The highest BCUT2D eigenvalue weighted by atomic mass is 79.9. The van der Waals surface area contributed by atoms with Gasteiger partial charge in [0.25, 0.3) is 0 Å². The molecule has 0 atom stereocenters. The van der Waals surface area contributed by atoms with Crippen LogP contribution in [-0.2, 0) is 0 Å². The van der Waals surface area contributed by atoms with Gasteiger partial charge in [-0.3, -0.25) is 0 Å². The molecule has 15 heavy (non-hydrogen) atoms. The van der Waals surface area contributed by atoms with E-state index in [-0.39, 0.29) is 0 Å². The maximum Gasteiger partial charge on any atom is 0.240 e. The SMILES string of the molecule is Cc1cc(Br)ccc1-n1nc(N)nc1C. The van der Waals surface area contributed by atoms with Gasteiger partial charge in [-0.1, -0.05) is 15.9 Å². The Kier molecular flexibility index (Phi) is 2.48. The largest absolute Gasteiger partial charge is 0.366 e. The summed E-state index contributed by atoms with van der Waals surface area (Å²) in [5, 5.41) is 4.14. The van der Waals surface area contributed by atoms with E-state index in [1.54, 1.807) is 4.68 Å². The van der Waals surface area contributed by atoms with Crippen LogP contribution in [-0.4, -0.2) is 14.8 Å². The van der Waals surface area contributed by atoms with Crippen LogP contribution in [0.2, 0.25) is 0 Å². The van der Waals surface area contributed by atoms with Crippen molar-refractivity contribution in [3.05, 3.63) is 34.1 Å². The Morgan fingerprint density at radius 1 is 1.33 bits per heavy atom. The van der Waals surface area contributed by atoms with E-state index in [0.29, 0.717) is 5.95 Å². The Hall–Kier alpha value is -1.36. The molecular weight excluding hydrogens is 256 g/mol. The summed E-state index contributed by atoms with van der Waals surface area (Å²) in [5.41, 5.74) is 7.67. The van der Waals surface area contributed by atoms with Crippen molar-refractivity contribution in [2.75, 3.05) is 5.73 Å². The molecule has 0 saturated heterocycles. The molecule has 0 aliphatic carbocycles. The molecule has 1 aromatic carbocycles. The first kappa shape index (κ1) is 10.2. The Balaban J connectivity index is 2.59. The molecule has 0 fully saturated rings. The minimum Gasteiger partial charge on any atom is -0.366 e. The highest BCUT2D eigenvalue weighted by Crippen LogP contribution is 2.19. The first-order valence-electron chi connectivity index (χ1n) is 4.53. The van der Waals surface area contributed by atoms with Gasteiger partial charge < -0.3 is 5.73 Å². The van der Waals surface area contributed by atoms with Gasteiger partial charge in [0.1, 0.15) is 5.82 Å². The van der Waals surface area contributed by atoms with Crippen molar-refractivity contribution in [2.24, 2.45) is 0 Å². The first-order chi connectivity index (χ1) is 7.08. The molecule has 2 N–H and O–H groups in total. The normalized spacial score (nSPS) is 10.6. The van der Waals surface area contributed by atoms with E-state index in [1.165, 1.54) is 0 Å². The molecule has 4 nitrogen and oxygen atoms in total. The summed E-state index contributed by atoms with van der Waals surface area (Å²) < 4.78 is 2.80. The number of anilines is 1. The van der Waals surface area contributed by atoms with Crippen LogP contribution in [0.15, 0.2) is 22.7 Å². The van der Waals surface area contributed by atoms with Crippen LogP contribution in [0, 0.1) is 13.8 Å². The van der Waals surface area contributed by atoms with Crippen molar-refractivity contribution < 1.29 is 0 Å². The fourth-order valence-electron chi connectivity index (χ4n) is 1.50. The number of nitrogens with zero attached hydrogens (tertiary/aromatic N) is 3. The van der Waals surface area contributed by atoms with E-state index in [1.807, 2.05) is 32.0 Å². The fraction of sp³-hybridized carbons (Fsp3) is 0.200. The van der Waals surface area contributed by atoms with Crippen LogP contribution >= 0.6 is 15.9 Å². The molecule has 2 aromatic rings. The van der Waals surface area contributed by atoms with Crippen molar-refractivity contribution >= 4 is 21.9 Å². The monoisotopic (exact) mass is 266 g/mol. The average molecular weight is 267 g/mol. The summed E-state index contributed by atoms with van der Waals surface area (Å²) in [4.78, 5) is 4.07. The average Bonchev–Trinajstić information content (AvgIpc) is 2.45. The Bertz CT molecular complexity index is 504. The molecule has 0 aliphatic heterocycles. The summed E-state index contributed by atoms with van der Waals surface area (Å²) in [5.74, 6) is 1.09. The highest BCUT2D eigenvalue weighted by molar-refractivity contribution is 9.10. The number of aryl methyl sites for hydroxylation is 2. The van der Waals surface area contributed by atoms with Gasteiger partial charge in [0.05, 0.1) is 5.69 Å². The molecule has 0 unspecified atom stereocenters. The lowest BCUT2D eigenvalue weighted by molar-refractivity contribution is 0.836. The van der Waals surface area contributed by atoms with Crippen LogP contribution in [0.5, 0.6) is 0 Å². The topological polar surface area (TPSA) is 56.7 Å². The quantitative estimate of drug-likeness (QED) is 0.861. The van der Waals surface area contributed by atoms with E-state index in [2.05, 4.69) is 26.0 Å². The minimum absolute atomic E-state index is 0.301. The molecule has 1 aromatic heterocycles. The van der Waals surface area contributed by atoms with Gasteiger partial charge in [-0.15, -0.1) is 5.10 Å². The van der Waals surface area contributed by atoms with E-state index in [4.69, 9.17) is 5.73 Å². The number of nitrogen functional groups attached to an aromatic ring is 1. The lowest BCUT2D eigenvalue weighted by Gasteiger charge is -2.06. The molecule has 0 saturated carbocycles. The Morgan fingerprint density at radius 2 is 2.07 bits per heavy atom. The number of rotatable bonds is 1. The van der Waals surface area contributed by atoms with Crippen molar-refractivity contribution in [2.45, 2.75) is 13.8 Å². The summed E-state index contributed by atoms with van der Waals surface area (Å²) in [7, 11) is 0. The van der Waals surface area contributed by atoms with Crippen LogP contribution in [0.25, 0.3) is 5.69 Å². The summed E-state index contributed by atoms with van der Waals surface area (Å²) in [6, 6.07) is 5.99. The third-order valence-corrected chi connectivity index (χ3v) is 2.67. The number of hydrogen-bond acceptors (Lipinski definition) is 3. The van der Waals surface area contributed by atoms with Gasteiger partial charge in [-0.25, -0.2) is 4.68 Å². The molecule has 2 rings (SSSR count). The Labute approximate surface area is 96.3 Å². The molecular formula is C10H11BrN4. The van der Waals surface area contributed by atoms with Gasteiger partial charge in [-0.05, 0) is 37.6 Å². The molecule has 0 radical (unpaired) electrons. The summed E-state index contributed by atoms with van der Waals surface area (Å²) in [6.07, 6.45) is 0. The molecule has 0 bridgehead atoms. The molecule has 0 amide bonds. The second kappa shape index (κ2) is 3.66. The van der Waals surface area contributed by atoms with E-state index in [0.717, 1.165) is 21.5 Å². The zero-order chi connectivity index (χ0) is 11.0. The van der Waals surface area contributed by atoms with Crippen LogP contribution in [0.4, 0.5) is 5.95 Å².